The van der Waals surface area contributed by atoms with E-state index in [9.17, 15) is 4.79 Å². The van der Waals surface area contributed by atoms with Crippen LogP contribution in [0.25, 0.3) is 0 Å². The fourth-order valence-corrected chi connectivity index (χ4v) is 2.35. The number of carbonyl (C=O) groups is 1. The molecule has 0 rings (SSSR count). The Balaban J connectivity index is 0. The van der Waals surface area contributed by atoms with Crippen molar-refractivity contribution in [1.82, 2.24) is 0 Å². The molecule has 0 radical (unpaired) electrons. The molecule has 0 aromatic heterocycles. The molecule has 2 nitrogen and oxygen atoms in total. The van der Waals surface area contributed by atoms with E-state index in [0.717, 1.165) is 12.8 Å². The van der Waals surface area contributed by atoms with Gasteiger partial charge in [0.15, 0.2) is 0 Å². The molecule has 0 aliphatic carbocycles. The molecule has 21 heavy (non-hydrogen) atoms. The van der Waals surface area contributed by atoms with Crippen molar-refractivity contribution in [3.63, 3.8) is 0 Å². The molecule has 3 heteroatoms. The molecule has 0 aromatic rings. The standard InChI is InChI=1S/C18H34O2.Sr.2H/c1-2-3-4-5-6-7-8-9-10-11-12-13-14-15-16-17-18(19)20;;;/h9-10H,2-8,11-17H2,1H3,(H,19,20);;;. The van der Waals surface area contributed by atoms with Crippen LogP contribution in [-0.2, 0) is 4.79 Å². The van der Waals surface area contributed by atoms with Gasteiger partial charge in [-0.05, 0) is 32.1 Å². The van der Waals surface area contributed by atoms with Gasteiger partial charge in [0, 0.05) is 6.42 Å². The van der Waals surface area contributed by atoms with Crippen LogP contribution in [0.5, 0.6) is 0 Å². The molecule has 0 aliphatic rings. The molecule has 0 saturated carbocycles. The Hall–Kier alpha value is 0.691. The Morgan fingerprint density at radius 3 is 1.67 bits per heavy atom. The van der Waals surface area contributed by atoms with E-state index >= 15 is 0 Å². The van der Waals surface area contributed by atoms with Crippen LogP contribution in [0.15, 0.2) is 12.2 Å². The quantitative estimate of drug-likeness (QED) is 0.244. The molecule has 122 valence electrons. The number of aliphatic carboxylic acids is 1. The predicted molar refractivity (Wildman–Crippen MR) is 95.6 cm³/mol. The number of allylic oxidation sites excluding steroid dienone is 2. The van der Waals surface area contributed by atoms with E-state index in [1.165, 1.54) is 70.6 Å². The van der Waals surface area contributed by atoms with Gasteiger partial charge < -0.3 is 5.11 Å². The molecule has 0 saturated heterocycles. The first-order chi connectivity index (χ1) is 9.77. The molecule has 0 aromatic carbocycles. The van der Waals surface area contributed by atoms with Crippen LogP contribution in [0.2, 0.25) is 0 Å². The molecule has 0 spiro atoms. The number of unbranched alkanes of at least 4 members (excludes halogenated alkanes) is 11. The first-order valence-electron chi connectivity index (χ1n) is 8.64. The van der Waals surface area contributed by atoms with E-state index in [4.69, 9.17) is 5.11 Å². The first kappa shape index (κ1) is 23.9. The van der Waals surface area contributed by atoms with Crippen molar-refractivity contribution in [3.05, 3.63) is 12.2 Å². The average Bonchev–Trinajstić information content (AvgIpc) is 2.43. The number of carboxylic acids is 1. The third-order valence-corrected chi connectivity index (χ3v) is 3.65. The monoisotopic (exact) mass is 372 g/mol. The van der Waals surface area contributed by atoms with Crippen molar-refractivity contribution >= 4 is 51.5 Å². The number of rotatable bonds is 15. The summed E-state index contributed by atoms with van der Waals surface area (Å²) in [5.41, 5.74) is 0. The van der Waals surface area contributed by atoms with Gasteiger partial charge >= 0.3 is 51.5 Å². The van der Waals surface area contributed by atoms with Crippen molar-refractivity contribution < 1.29 is 9.90 Å². The van der Waals surface area contributed by atoms with E-state index < -0.39 is 5.97 Å². The van der Waals surface area contributed by atoms with Crippen molar-refractivity contribution in [2.45, 2.75) is 96.8 Å². The molecule has 0 bridgehead atoms. The SMILES string of the molecule is CCCCCCCCC=CCCCCCCCC(=O)O.[SrH2]. The third kappa shape index (κ3) is 23.1. The fourth-order valence-electron chi connectivity index (χ4n) is 2.35. The summed E-state index contributed by atoms with van der Waals surface area (Å²) in [5.74, 6) is -0.664. The molecule has 0 amide bonds. The summed E-state index contributed by atoms with van der Waals surface area (Å²) in [6, 6.07) is 0. The summed E-state index contributed by atoms with van der Waals surface area (Å²) in [4.78, 5) is 10.3. The molecule has 0 heterocycles. The van der Waals surface area contributed by atoms with Crippen LogP contribution in [0.3, 0.4) is 0 Å². The maximum atomic E-state index is 10.3. The van der Waals surface area contributed by atoms with Crippen LogP contribution in [0.4, 0.5) is 0 Å². The van der Waals surface area contributed by atoms with Gasteiger partial charge in [-0.3, -0.25) is 4.79 Å². The Kier molecular flexibility index (Phi) is 23.6. The molecule has 0 fully saturated rings. The van der Waals surface area contributed by atoms with Crippen LogP contribution in [-0.4, -0.2) is 56.6 Å². The second-order valence-electron chi connectivity index (χ2n) is 5.73. The maximum absolute atomic E-state index is 10.3. The number of hydrogen-bond donors (Lipinski definition) is 1. The van der Waals surface area contributed by atoms with E-state index in [1.807, 2.05) is 0 Å². The van der Waals surface area contributed by atoms with Gasteiger partial charge in [-0.15, -0.1) is 0 Å². The van der Waals surface area contributed by atoms with Crippen molar-refractivity contribution in [2.24, 2.45) is 0 Å². The topological polar surface area (TPSA) is 37.3 Å². The van der Waals surface area contributed by atoms with Crippen LogP contribution >= 0.6 is 0 Å². The van der Waals surface area contributed by atoms with E-state index in [2.05, 4.69) is 19.1 Å². The molecule has 1 N–H and O–H groups in total. The van der Waals surface area contributed by atoms with Crippen LogP contribution < -0.4 is 0 Å². The summed E-state index contributed by atoms with van der Waals surface area (Å²) in [5, 5.41) is 8.51. The Morgan fingerprint density at radius 2 is 1.19 bits per heavy atom. The molecule has 0 unspecified atom stereocenters. The van der Waals surface area contributed by atoms with Crippen LogP contribution in [0.1, 0.15) is 96.8 Å². The van der Waals surface area contributed by atoms with E-state index in [0.29, 0.717) is 6.42 Å². The molecular weight excluding hydrogens is 336 g/mol. The Labute approximate surface area is 169 Å². The van der Waals surface area contributed by atoms with Crippen molar-refractivity contribution in [3.8, 4) is 0 Å². The average molecular weight is 372 g/mol. The van der Waals surface area contributed by atoms with E-state index in [-0.39, 0.29) is 45.5 Å². The zero-order chi connectivity index (χ0) is 14.9. The van der Waals surface area contributed by atoms with Gasteiger partial charge in [-0.1, -0.05) is 70.4 Å². The first-order valence-corrected chi connectivity index (χ1v) is 8.64. The predicted octanol–water partition coefficient (Wildman–Crippen LogP) is 5.19. The summed E-state index contributed by atoms with van der Waals surface area (Å²) in [6.45, 7) is 2.26. The minimum absolute atomic E-state index is 0. The van der Waals surface area contributed by atoms with Gasteiger partial charge in [-0.25, -0.2) is 0 Å². The number of hydrogen-bond acceptors (Lipinski definition) is 1. The van der Waals surface area contributed by atoms with Gasteiger partial charge in [0.2, 0.25) is 0 Å². The van der Waals surface area contributed by atoms with Gasteiger partial charge in [0.25, 0.3) is 0 Å². The fraction of sp³-hybridized carbons (Fsp3) is 0.833. The summed E-state index contributed by atoms with van der Waals surface area (Å²) in [6.07, 6.45) is 21.2. The normalized spacial score (nSPS) is 10.7. The van der Waals surface area contributed by atoms with Crippen molar-refractivity contribution in [2.75, 3.05) is 0 Å². The summed E-state index contributed by atoms with van der Waals surface area (Å²) in [7, 11) is 0. The summed E-state index contributed by atoms with van der Waals surface area (Å²) < 4.78 is 0. The molecule has 0 atom stereocenters. The van der Waals surface area contributed by atoms with E-state index in [1.54, 1.807) is 0 Å². The van der Waals surface area contributed by atoms with Crippen LogP contribution in [0, 0.1) is 0 Å². The Morgan fingerprint density at radius 1 is 0.762 bits per heavy atom. The second-order valence-corrected chi connectivity index (χ2v) is 5.73. The molecule has 0 aliphatic heterocycles. The van der Waals surface area contributed by atoms with Crippen molar-refractivity contribution in [1.29, 1.82) is 0 Å². The van der Waals surface area contributed by atoms with Gasteiger partial charge in [-0.2, -0.15) is 0 Å². The number of carboxylic acid groups (broad SMARTS) is 1. The second kappa shape index (κ2) is 20.7. The molecular formula is C18H36O2Sr. The summed E-state index contributed by atoms with van der Waals surface area (Å²) >= 11 is 0. The van der Waals surface area contributed by atoms with Gasteiger partial charge in [0.1, 0.15) is 0 Å². The minimum atomic E-state index is -0.664. The zero-order valence-corrected chi connectivity index (χ0v) is 13.4. The zero-order valence-electron chi connectivity index (χ0n) is 13.4. The third-order valence-electron chi connectivity index (χ3n) is 3.65. The van der Waals surface area contributed by atoms with Gasteiger partial charge in [0.05, 0.1) is 0 Å². The Bertz CT molecular complexity index is 239.